The highest BCUT2D eigenvalue weighted by atomic mass is 19.1. The fourth-order valence-corrected chi connectivity index (χ4v) is 3.44. The predicted molar refractivity (Wildman–Crippen MR) is 109 cm³/mol. The number of hydrogen-bond donors (Lipinski definition) is 1. The normalized spacial score (nSPS) is 15.1. The topological polar surface area (TPSA) is 66.8 Å². The molecule has 0 bridgehead atoms. The molecule has 0 aromatic heterocycles. The van der Waals surface area contributed by atoms with Gasteiger partial charge in [0.25, 0.3) is 11.8 Å². The third kappa shape index (κ3) is 3.82. The van der Waals surface area contributed by atoms with Gasteiger partial charge in [-0.15, -0.1) is 0 Å². The van der Waals surface area contributed by atoms with Gasteiger partial charge in [0.2, 0.25) is 0 Å². The summed E-state index contributed by atoms with van der Waals surface area (Å²) < 4.78 is 18.7. The van der Waals surface area contributed by atoms with E-state index in [9.17, 15) is 19.1 Å². The fourth-order valence-electron chi connectivity index (χ4n) is 3.44. The molecule has 3 aromatic rings. The third-order valence-corrected chi connectivity index (χ3v) is 5.23. The highest BCUT2D eigenvalue weighted by molar-refractivity contribution is 6.21. The van der Waals surface area contributed by atoms with Crippen LogP contribution in [0.2, 0.25) is 0 Å². The number of fused-ring (bicyclic) bond motifs is 1. The first-order chi connectivity index (χ1) is 14.3. The van der Waals surface area contributed by atoms with Gasteiger partial charge < -0.3 is 9.84 Å². The van der Waals surface area contributed by atoms with Crippen LogP contribution in [0, 0.1) is 5.82 Å². The van der Waals surface area contributed by atoms with E-state index in [1.165, 1.54) is 29.2 Å². The maximum atomic E-state index is 13.0. The molecule has 0 saturated heterocycles. The van der Waals surface area contributed by atoms with Gasteiger partial charge in [0.05, 0.1) is 16.7 Å². The van der Waals surface area contributed by atoms with Crippen LogP contribution in [0.1, 0.15) is 39.6 Å². The number of amides is 2. The van der Waals surface area contributed by atoms with E-state index < -0.39 is 5.60 Å². The van der Waals surface area contributed by atoms with E-state index in [4.69, 9.17) is 4.74 Å². The Morgan fingerprint density at radius 1 is 0.867 bits per heavy atom. The van der Waals surface area contributed by atoms with E-state index >= 15 is 0 Å². The molecule has 1 aliphatic rings. The first-order valence-corrected chi connectivity index (χ1v) is 9.57. The molecule has 0 aliphatic carbocycles. The SMILES string of the molecule is CC(O)(CCN1C(=O)c2ccccc2C1=O)c1ccc(Oc2ccc(F)cc2)cc1. The molecule has 1 aliphatic heterocycles. The van der Waals surface area contributed by atoms with Crippen molar-refractivity contribution in [2.45, 2.75) is 18.9 Å². The van der Waals surface area contributed by atoms with Crippen LogP contribution < -0.4 is 4.74 Å². The molecule has 1 atom stereocenters. The highest BCUT2D eigenvalue weighted by Gasteiger charge is 2.36. The van der Waals surface area contributed by atoms with Gasteiger partial charge >= 0.3 is 0 Å². The Hall–Kier alpha value is -3.51. The maximum Gasteiger partial charge on any atom is 0.261 e. The van der Waals surface area contributed by atoms with Crippen molar-refractivity contribution in [3.8, 4) is 11.5 Å². The summed E-state index contributed by atoms with van der Waals surface area (Å²) in [6, 6.07) is 19.2. The molecule has 2 amide bonds. The van der Waals surface area contributed by atoms with Crippen molar-refractivity contribution in [3.05, 3.63) is 95.3 Å². The van der Waals surface area contributed by atoms with Crippen LogP contribution in [0.5, 0.6) is 11.5 Å². The summed E-state index contributed by atoms with van der Waals surface area (Å²) in [6.45, 7) is 1.74. The van der Waals surface area contributed by atoms with Crippen molar-refractivity contribution in [2.24, 2.45) is 0 Å². The van der Waals surface area contributed by atoms with Gasteiger partial charge in [-0.2, -0.15) is 0 Å². The first kappa shape index (κ1) is 19.8. The van der Waals surface area contributed by atoms with E-state index in [1.54, 1.807) is 55.5 Å². The number of halogens is 1. The summed E-state index contributed by atoms with van der Waals surface area (Å²) in [7, 11) is 0. The van der Waals surface area contributed by atoms with Crippen molar-refractivity contribution < 1.29 is 23.8 Å². The molecule has 1 unspecified atom stereocenters. The van der Waals surface area contributed by atoms with Crippen LogP contribution in [0.3, 0.4) is 0 Å². The molecule has 4 rings (SSSR count). The molecule has 0 saturated carbocycles. The number of carbonyl (C=O) groups is 2. The number of imide groups is 1. The Kier molecular flexibility index (Phi) is 5.10. The third-order valence-electron chi connectivity index (χ3n) is 5.23. The molecular weight excluding hydrogens is 385 g/mol. The summed E-state index contributed by atoms with van der Waals surface area (Å²) in [5.41, 5.74) is 0.170. The Morgan fingerprint density at radius 3 is 1.90 bits per heavy atom. The lowest BCUT2D eigenvalue weighted by atomic mass is 9.92. The lowest BCUT2D eigenvalue weighted by molar-refractivity contribution is 0.0339. The number of rotatable bonds is 6. The second-order valence-electron chi connectivity index (χ2n) is 7.41. The van der Waals surface area contributed by atoms with Crippen LogP contribution in [-0.4, -0.2) is 28.4 Å². The summed E-state index contributed by atoms with van der Waals surface area (Å²) >= 11 is 0. The van der Waals surface area contributed by atoms with Gasteiger partial charge in [0, 0.05) is 6.54 Å². The van der Waals surface area contributed by atoms with Gasteiger partial charge in [-0.05, 0) is 67.4 Å². The van der Waals surface area contributed by atoms with Crippen molar-refractivity contribution in [1.29, 1.82) is 0 Å². The van der Waals surface area contributed by atoms with Crippen LogP contribution in [0.4, 0.5) is 4.39 Å². The molecule has 1 N–H and O–H groups in total. The minimum Gasteiger partial charge on any atom is -0.457 e. The Balaban J connectivity index is 1.42. The molecule has 3 aromatic carbocycles. The molecule has 0 radical (unpaired) electrons. The average molecular weight is 405 g/mol. The highest BCUT2D eigenvalue weighted by Crippen LogP contribution is 2.30. The lowest BCUT2D eigenvalue weighted by Gasteiger charge is -2.26. The second-order valence-corrected chi connectivity index (χ2v) is 7.41. The smallest absolute Gasteiger partial charge is 0.261 e. The molecule has 0 fully saturated rings. The zero-order chi connectivity index (χ0) is 21.3. The quantitative estimate of drug-likeness (QED) is 0.613. The molecule has 1 heterocycles. The Bertz CT molecular complexity index is 1060. The fraction of sp³-hybridized carbons (Fsp3) is 0.167. The van der Waals surface area contributed by atoms with Crippen molar-refractivity contribution in [1.82, 2.24) is 4.90 Å². The number of hydrogen-bond acceptors (Lipinski definition) is 4. The van der Waals surface area contributed by atoms with E-state index in [-0.39, 0.29) is 30.6 Å². The number of carbonyl (C=O) groups excluding carboxylic acids is 2. The molecule has 5 nitrogen and oxygen atoms in total. The van der Waals surface area contributed by atoms with Gasteiger partial charge in [-0.1, -0.05) is 24.3 Å². The van der Waals surface area contributed by atoms with Gasteiger partial charge in [0.1, 0.15) is 17.3 Å². The number of ether oxygens (including phenoxy) is 1. The lowest BCUT2D eigenvalue weighted by Crippen LogP contribution is -2.35. The van der Waals surface area contributed by atoms with E-state index in [0.717, 1.165) is 0 Å². The monoisotopic (exact) mass is 405 g/mol. The minimum atomic E-state index is -1.25. The van der Waals surface area contributed by atoms with Crippen LogP contribution in [0.25, 0.3) is 0 Å². The van der Waals surface area contributed by atoms with E-state index in [2.05, 4.69) is 0 Å². The number of aliphatic hydroxyl groups is 1. The summed E-state index contributed by atoms with van der Waals surface area (Å²) in [5.74, 6) is 0.0266. The van der Waals surface area contributed by atoms with Crippen LogP contribution in [-0.2, 0) is 5.60 Å². The average Bonchev–Trinajstić information content (AvgIpc) is 2.99. The van der Waals surface area contributed by atoms with Crippen molar-refractivity contribution in [3.63, 3.8) is 0 Å². The molecule has 152 valence electrons. The molecule has 0 spiro atoms. The number of benzene rings is 3. The number of nitrogens with zero attached hydrogens (tertiary/aromatic N) is 1. The standard InChI is InChI=1S/C24H20FNO4/c1-24(29,14-15-26-22(27)20-4-2-3-5-21(20)23(26)28)16-6-10-18(11-7-16)30-19-12-8-17(25)9-13-19/h2-13,29H,14-15H2,1H3. The summed E-state index contributed by atoms with van der Waals surface area (Å²) in [6.07, 6.45) is 0.191. The van der Waals surface area contributed by atoms with Gasteiger partial charge in [0.15, 0.2) is 0 Å². The second kappa shape index (κ2) is 7.72. The molecule has 30 heavy (non-hydrogen) atoms. The van der Waals surface area contributed by atoms with E-state index in [1.807, 2.05) is 0 Å². The maximum absolute atomic E-state index is 13.0. The van der Waals surface area contributed by atoms with Crippen LogP contribution in [0.15, 0.2) is 72.8 Å². The Labute approximate surface area is 173 Å². The molecular formula is C24H20FNO4. The zero-order valence-corrected chi connectivity index (χ0v) is 16.3. The summed E-state index contributed by atoms with van der Waals surface area (Å²) in [4.78, 5) is 26.1. The first-order valence-electron chi connectivity index (χ1n) is 9.57. The Morgan fingerprint density at radius 2 is 1.37 bits per heavy atom. The predicted octanol–water partition coefficient (Wildman–Crippen LogP) is 4.51. The van der Waals surface area contributed by atoms with E-state index in [0.29, 0.717) is 28.2 Å². The van der Waals surface area contributed by atoms with Gasteiger partial charge in [-0.3, -0.25) is 14.5 Å². The van der Waals surface area contributed by atoms with Gasteiger partial charge in [-0.25, -0.2) is 4.39 Å². The largest absolute Gasteiger partial charge is 0.457 e. The summed E-state index contributed by atoms with van der Waals surface area (Å²) in [5, 5.41) is 10.9. The van der Waals surface area contributed by atoms with Crippen molar-refractivity contribution >= 4 is 11.8 Å². The molecule has 6 heteroatoms. The zero-order valence-electron chi connectivity index (χ0n) is 16.3. The minimum absolute atomic E-state index is 0.104. The van der Waals surface area contributed by atoms with Crippen LogP contribution >= 0.6 is 0 Å². The van der Waals surface area contributed by atoms with Crippen molar-refractivity contribution in [2.75, 3.05) is 6.54 Å².